The van der Waals surface area contributed by atoms with E-state index in [4.69, 9.17) is 62.7 Å². The van der Waals surface area contributed by atoms with Crippen molar-refractivity contribution in [3.05, 3.63) is 211 Å². The normalized spacial score (nSPS) is 22.3. The van der Waals surface area contributed by atoms with Crippen LogP contribution in [0.5, 0.6) is 0 Å². The maximum Gasteiger partial charge on any atom is 0.338 e. The summed E-state index contributed by atoms with van der Waals surface area (Å²) in [6, 6.07) is 7.07. The second-order valence-electron chi connectivity index (χ2n) is 23.9. The lowest BCUT2D eigenvalue weighted by Crippen LogP contribution is -2.59. The van der Waals surface area contributed by atoms with Crippen molar-refractivity contribution in [2.45, 2.75) is 94.8 Å². The van der Waals surface area contributed by atoms with Gasteiger partial charge >= 0.3 is 35.8 Å². The molecule has 0 amide bonds. The molecule has 3 saturated heterocycles. The smallest absolute Gasteiger partial charge is 0.338 e. The van der Waals surface area contributed by atoms with Crippen LogP contribution in [0.4, 0.5) is 26.3 Å². The highest BCUT2D eigenvalue weighted by Crippen LogP contribution is 2.42. The summed E-state index contributed by atoms with van der Waals surface area (Å²) < 4.78 is 101. The number of rotatable bonds is 26. The molecular formula is C70H67BrCl2F6N12O12S3. The predicted molar refractivity (Wildman–Crippen MR) is 387 cm³/mol. The molecule has 9 atom stereocenters. The summed E-state index contributed by atoms with van der Waals surface area (Å²) in [5.41, 5.74) is 3.13. The van der Waals surface area contributed by atoms with E-state index < -0.39 is 108 Å². The van der Waals surface area contributed by atoms with Crippen molar-refractivity contribution in [1.82, 2.24) is 45.6 Å². The van der Waals surface area contributed by atoms with E-state index in [2.05, 4.69) is 51.8 Å². The van der Waals surface area contributed by atoms with Crippen LogP contribution in [0.25, 0.3) is 0 Å². The van der Waals surface area contributed by atoms with Gasteiger partial charge in [-0.05, 0) is 75.6 Å². The van der Waals surface area contributed by atoms with Crippen LogP contribution >= 0.6 is 73.1 Å². The molecule has 0 spiro atoms. The molecule has 9 heterocycles. The number of carbonyl (C=O) groups excluding carboxylic acids is 3. The fourth-order valence-corrected chi connectivity index (χ4v) is 15.0. The number of nitrogens with zero attached hydrogens (tertiary/aromatic N) is 9. The molecular weight excluding hydrogens is 1560 g/mol. The SMILES string of the molecule is CCOC(=O)C1=C(CN2CC(F)C2/C=C/C(=O)O)NC(c2nccs2)=N[C@H]1c1ccc(F)cc1Br.CCOC(=O)C1=C(CN2CC(F)C2/C=C/C(=O)O)NC(c2nccs2)=N[C@H]1c1ccc(F)cc1Cl.CCOC(=O)C1=C(CN2CC(F)C2CCCC(=O)O)NC(c2nccs2)=N[C@H]1c1ccc(F)cc1Cl. The van der Waals surface area contributed by atoms with E-state index in [0.29, 0.717) is 83.6 Å². The molecule has 6 aliphatic heterocycles. The van der Waals surface area contributed by atoms with Gasteiger partial charge < -0.3 is 45.5 Å². The van der Waals surface area contributed by atoms with Crippen molar-refractivity contribution >= 4 is 126 Å². The van der Waals surface area contributed by atoms with Crippen LogP contribution in [0, 0.1) is 17.5 Å². The van der Waals surface area contributed by atoms with Gasteiger partial charge in [0.1, 0.15) is 54.1 Å². The monoisotopic (exact) mass is 1630 g/mol. The number of carboxylic acid groups (broad SMARTS) is 3. The topological polar surface area (TPSA) is 312 Å². The Morgan fingerprint density at radius 2 is 0.906 bits per heavy atom. The second kappa shape index (κ2) is 36.5. The predicted octanol–water partition coefficient (Wildman–Crippen LogP) is 11.2. The van der Waals surface area contributed by atoms with E-state index in [9.17, 15) is 55.1 Å². The lowest BCUT2D eigenvalue weighted by atomic mass is 9.92. The van der Waals surface area contributed by atoms with Crippen LogP contribution < -0.4 is 16.0 Å². The van der Waals surface area contributed by atoms with Gasteiger partial charge in [-0.2, -0.15) is 0 Å². The zero-order valence-electron chi connectivity index (χ0n) is 56.3. The molecule has 6 unspecified atom stereocenters. The molecule has 106 heavy (non-hydrogen) atoms. The largest absolute Gasteiger partial charge is 0.481 e. The van der Waals surface area contributed by atoms with Crippen molar-refractivity contribution in [2.75, 3.05) is 59.1 Å². The third-order valence-electron chi connectivity index (χ3n) is 17.1. The maximum atomic E-state index is 14.4. The molecule has 0 saturated carbocycles. The van der Waals surface area contributed by atoms with E-state index >= 15 is 0 Å². The van der Waals surface area contributed by atoms with Gasteiger partial charge in [0.15, 0.2) is 32.5 Å². The zero-order chi connectivity index (χ0) is 76.0. The van der Waals surface area contributed by atoms with Gasteiger partial charge in [-0.1, -0.05) is 69.5 Å². The van der Waals surface area contributed by atoms with Crippen LogP contribution in [-0.4, -0.2) is 194 Å². The molecule has 0 bridgehead atoms. The average Bonchev–Trinajstić information content (AvgIpc) is 0.968. The number of likely N-dealkylation sites (tertiary alicyclic amines) is 3. The summed E-state index contributed by atoms with van der Waals surface area (Å²) in [5.74, 6) is -5.53. The van der Waals surface area contributed by atoms with Crippen LogP contribution in [0.2, 0.25) is 10.0 Å². The summed E-state index contributed by atoms with van der Waals surface area (Å²) in [7, 11) is 0. The number of carbonyl (C=O) groups is 6. The van der Waals surface area contributed by atoms with Crippen molar-refractivity contribution in [3.63, 3.8) is 0 Å². The molecule has 3 aromatic heterocycles. The van der Waals surface area contributed by atoms with Crippen LogP contribution in [0.1, 0.15) is 89.9 Å². The number of alkyl halides is 3. The molecule has 3 fully saturated rings. The molecule has 0 aliphatic carbocycles. The van der Waals surface area contributed by atoms with Crippen LogP contribution in [0.3, 0.4) is 0 Å². The minimum absolute atomic E-state index is 0.0433. The number of hydrogen-bond acceptors (Lipinski definition) is 24. The first kappa shape index (κ1) is 79.6. The number of aliphatic carboxylic acids is 3. The number of aliphatic imine (C=N–C) groups is 3. The number of benzene rings is 3. The molecule has 24 nitrogen and oxygen atoms in total. The number of aromatic nitrogens is 3. The lowest BCUT2D eigenvalue weighted by molar-refractivity contribution is -0.140. The quantitative estimate of drug-likeness (QED) is 0.0127. The summed E-state index contributed by atoms with van der Waals surface area (Å²) in [6.45, 7) is 5.95. The van der Waals surface area contributed by atoms with E-state index in [-0.39, 0.29) is 92.3 Å². The van der Waals surface area contributed by atoms with E-state index in [1.165, 1.54) is 88.6 Å². The fourth-order valence-electron chi connectivity index (χ4n) is 12.2. The minimum Gasteiger partial charge on any atom is -0.481 e. The van der Waals surface area contributed by atoms with Gasteiger partial charge in [-0.3, -0.25) is 34.5 Å². The standard InChI is InChI=1S/C24H25ClF2N4O4S.C23H21BrF2N4O4S.C23H21ClF2N4O4S/c1-2-35-24(34)20-17(12-31-11-16(27)18(31)4-3-5-19(32)33)29-22(23-28-8-9-36-23)30-21(20)14-7-6-13(26)10-15(14)25;2*1-2-34-23(33)19-16(11-30-10-15(26)17(30)5-6-18(31)32)28-21(22-27-7-8-35-22)29-20(19)13-4-3-12(25)9-14(13)24/h6-10,16,18,21H,2-5,11-12H2,1H3,(H,29,30)(H,32,33);2*3-9,15,17,20H,2,10-11H2,1H3,(H,28,29)(H,31,32)/b;2*6-5+/t16?,18?,21-;2*15?,17?,20-/m000/s1. The zero-order valence-corrected chi connectivity index (χ0v) is 61.9. The molecule has 3 aromatic carbocycles. The van der Waals surface area contributed by atoms with Crippen LogP contribution in [0.15, 0.2) is 167 Å². The highest BCUT2D eigenvalue weighted by molar-refractivity contribution is 9.10. The summed E-state index contributed by atoms with van der Waals surface area (Å²) in [4.78, 5) is 104. The Morgan fingerprint density at radius 3 is 1.23 bits per heavy atom. The first-order valence-electron chi connectivity index (χ1n) is 32.8. The number of nitrogens with one attached hydrogen (secondary N) is 3. The number of amidine groups is 3. The highest BCUT2D eigenvalue weighted by Gasteiger charge is 2.45. The molecule has 560 valence electrons. The third-order valence-corrected chi connectivity index (χ3v) is 20.8. The lowest BCUT2D eigenvalue weighted by Gasteiger charge is -2.45. The summed E-state index contributed by atoms with van der Waals surface area (Å²) in [6.07, 6.45) is 6.27. The van der Waals surface area contributed by atoms with Crippen LogP contribution in [-0.2, 0) is 43.0 Å². The Hall–Kier alpha value is -9.00. The number of esters is 3. The first-order valence-corrected chi connectivity index (χ1v) is 37.0. The number of halogens is 9. The first-order chi connectivity index (χ1) is 50.8. The molecule has 0 radical (unpaired) electrons. The van der Waals surface area contributed by atoms with E-state index in [0.717, 1.165) is 24.3 Å². The highest BCUT2D eigenvalue weighted by atomic mass is 79.9. The second-order valence-corrected chi connectivity index (χ2v) is 28.3. The van der Waals surface area contributed by atoms with Crippen molar-refractivity contribution < 1.29 is 84.6 Å². The van der Waals surface area contributed by atoms with Crippen molar-refractivity contribution in [1.29, 1.82) is 0 Å². The average molecular weight is 1630 g/mol. The molecule has 36 heteroatoms. The Morgan fingerprint density at radius 1 is 0.547 bits per heavy atom. The summed E-state index contributed by atoms with van der Waals surface area (Å²) in [5, 5.41) is 43.5. The van der Waals surface area contributed by atoms with Gasteiger partial charge in [0.25, 0.3) is 0 Å². The van der Waals surface area contributed by atoms with Gasteiger partial charge in [0, 0.05) is 141 Å². The minimum atomic E-state index is -1.25. The van der Waals surface area contributed by atoms with E-state index in [1.54, 1.807) is 65.3 Å². The van der Waals surface area contributed by atoms with Crippen molar-refractivity contribution in [3.8, 4) is 0 Å². The molecule has 6 N–H and O–H groups in total. The molecule has 12 rings (SSSR count). The van der Waals surface area contributed by atoms with Gasteiger partial charge in [-0.15, -0.1) is 34.0 Å². The number of ether oxygens (including phenoxy) is 3. The van der Waals surface area contributed by atoms with E-state index in [1.807, 2.05) is 4.90 Å². The molecule has 6 aromatic rings. The number of hydrogen-bond donors (Lipinski definition) is 6. The Labute approximate surface area is 632 Å². The fraction of sp³-hybridized carbons (Fsp3) is 0.343. The Kier molecular flexibility index (Phi) is 27.4. The Balaban J connectivity index is 0.000000170. The van der Waals surface area contributed by atoms with Gasteiger partial charge in [-0.25, -0.2) is 65.3 Å². The molecule has 6 aliphatic rings. The van der Waals surface area contributed by atoms with Gasteiger partial charge in [0.05, 0.1) is 48.6 Å². The van der Waals surface area contributed by atoms with Crippen molar-refractivity contribution in [2.24, 2.45) is 15.0 Å². The maximum absolute atomic E-state index is 14.4. The number of thiazole rings is 3. The Bertz CT molecular complexity index is 4330. The summed E-state index contributed by atoms with van der Waals surface area (Å²) >= 11 is 20.1. The van der Waals surface area contributed by atoms with Gasteiger partial charge in [0.2, 0.25) is 0 Å². The third kappa shape index (κ3) is 19.4. The number of carboxylic acids is 3.